The maximum absolute atomic E-state index is 13.7. The Morgan fingerprint density at radius 3 is 2.76 bits per heavy atom. The van der Waals surface area contributed by atoms with Crippen molar-refractivity contribution in [2.45, 2.75) is 6.92 Å². The molecule has 25 heavy (non-hydrogen) atoms. The lowest BCUT2D eigenvalue weighted by molar-refractivity contribution is -0.120. The summed E-state index contributed by atoms with van der Waals surface area (Å²) in [7, 11) is 0. The summed E-state index contributed by atoms with van der Waals surface area (Å²) in [6.07, 6.45) is 0. The van der Waals surface area contributed by atoms with Crippen molar-refractivity contribution in [1.82, 2.24) is 4.98 Å². The molecule has 1 N–H and O–H groups in total. The molecule has 0 bridgehead atoms. The summed E-state index contributed by atoms with van der Waals surface area (Å²) in [5, 5.41) is 3.45. The number of aryl methyl sites for hydroxylation is 1. The van der Waals surface area contributed by atoms with Gasteiger partial charge in [-0.2, -0.15) is 0 Å². The Hall–Kier alpha value is -2.54. The number of hydrogen-bond acceptors (Lipinski definition) is 4. The van der Waals surface area contributed by atoms with E-state index in [1.54, 1.807) is 25.1 Å². The van der Waals surface area contributed by atoms with Crippen molar-refractivity contribution in [3.63, 3.8) is 0 Å². The maximum Gasteiger partial charge on any atom is 0.231 e. The number of para-hydroxylation sites is 1. The lowest BCUT2D eigenvalue weighted by Gasteiger charge is -2.37. The zero-order valence-corrected chi connectivity index (χ0v) is 14.2. The highest BCUT2D eigenvalue weighted by atomic mass is 32.1. The summed E-state index contributed by atoms with van der Waals surface area (Å²) in [6.45, 7) is 2.70. The first-order chi connectivity index (χ1) is 12.0. The van der Waals surface area contributed by atoms with Crippen molar-refractivity contribution in [1.29, 1.82) is 0 Å². The number of rotatable bonds is 3. The van der Waals surface area contributed by atoms with E-state index in [0.29, 0.717) is 35.0 Å². The molecule has 0 saturated carbocycles. The van der Waals surface area contributed by atoms with Gasteiger partial charge in [-0.3, -0.25) is 4.79 Å². The van der Waals surface area contributed by atoms with Gasteiger partial charge in [-0.05, 0) is 36.8 Å². The molecule has 1 fully saturated rings. The molecule has 1 amide bonds. The number of nitrogens with zero attached hydrogens (tertiary/aromatic N) is 2. The second kappa shape index (κ2) is 6.07. The van der Waals surface area contributed by atoms with Gasteiger partial charge in [0.1, 0.15) is 17.2 Å². The van der Waals surface area contributed by atoms with Gasteiger partial charge in [0, 0.05) is 18.8 Å². The average Bonchev–Trinajstić information content (AvgIpc) is 2.94. The molecular weight excluding hydrogens is 344 g/mol. The summed E-state index contributed by atoms with van der Waals surface area (Å²) < 4.78 is 28.1. The van der Waals surface area contributed by atoms with Crippen molar-refractivity contribution in [3.8, 4) is 0 Å². The zero-order valence-electron chi connectivity index (χ0n) is 13.4. The van der Waals surface area contributed by atoms with Gasteiger partial charge in [0.2, 0.25) is 5.91 Å². The van der Waals surface area contributed by atoms with E-state index in [0.717, 1.165) is 4.70 Å². The van der Waals surface area contributed by atoms with E-state index in [1.165, 1.54) is 23.5 Å². The number of carbonyl (C=O) groups excluding carboxylic acids is 1. The van der Waals surface area contributed by atoms with E-state index in [4.69, 9.17) is 0 Å². The Labute approximate surface area is 147 Å². The van der Waals surface area contributed by atoms with Crippen LogP contribution in [0.25, 0.3) is 10.2 Å². The summed E-state index contributed by atoms with van der Waals surface area (Å²) in [6, 6.07) is 9.51. The Morgan fingerprint density at radius 2 is 2.04 bits per heavy atom. The number of anilines is 2. The topological polar surface area (TPSA) is 45.2 Å². The third-order valence-corrected chi connectivity index (χ3v) is 5.40. The number of amides is 1. The van der Waals surface area contributed by atoms with Gasteiger partial charge >= 0.3 is 0 Å². The highest BCUT2D eigenvalue weighted by molar-refractivity contribution is 7.22. The minimum atomic E-state index is -0.343. The molecule has 2 aromatic carbocycles. The third-order valence-electron chi connectivity index (χ3n) is 4.32. The van der Waals surface area contributed by atoms with Gasteiger partial charge in [0.15, 0.2) is 5.13 Å². The quantitative estimate of drug-likeness (QED) is 0.770. The van der Waals surface area contributed by atoms with Crippen LogP contribution in [0.5, 0.6) is 0 Å². The summed E-state index contributed by atoms with van der Waals surface area (Å²) in [5.41, 5.74) is 1.36. The number of thiazole rings is 1. The lowest BCUT2D eigenvalue weighted by atomic mass is 10.00. The number of hydrogen-bond donors (Lipinski definition) is 1. The molecule has 0 radical (unpaired) electrons. The van der Waals surface area contributed by atoms with Crippen molar-refractivity contribution < 1.29 is 13.6 Å². The summed E-state index contributed by atoms with van der Waals surface area (Å²) in [5.74, 6) is -1.02. The molecule has 1 aromatic heterocycles. The van der Waals surface area contributed by atoms with Crippen LogP contribution >= 0.6 is 11.3 Å². The molecule has 2 heterocycles. The largest absolute Gasteiger partial charge is 0.346 e. The SMILES string of the molecule is Cc1ccc(NC(=O)C2CN(c3nc4c(F)cccc4s3)C2)cc1F. The van der Waals surface area contributed by atoms with Crippen LogP contribution in [0.4, 0.5) is 19.6 Å². The molecule has 0 unspecified atom stereocenters. The maximum atomic E-state index is 13.7. The van der Waals surface area contributed by atoms with E-state index in [-0.39, 0.29) is 23.5 Å². The molecule has 1 aliphatic rings. The van der Waals surface area contributed by atoms with Crippen molar-refractivity contribution in [3.05, 3.63) is 53.6 Å². The Kier molecular flexibility index (Phi) is 3.88. The van der Waals surface area contributed by atoms with Crippen molar-refractivity contribution >= 4 is 38.3 Å². The number of fused-ring (bicyclic) bond motifs is 1. The van der Waals surface area contributed by atoms with Gasteiger partial charge in [-0.15, -0.1) is 0 Å². The second-order valence-electron chi connectivity index (χ2n) is 6.14. The fourth-order valence-electron chi connectivity index (χ4n) is 2.75. The molecule has 7 heteroatoms. The molecule has 1 saturated heterocycles. The van der Waals surface area contributed by atoms with Gasteiger partial charge in [-0.1, -0.05) is 23.5 Å². The molecular formula is C18H15F2N3OS. The number of halogens is 2. The van der Waals surface area contributed by atoms with Gasteiger partial charge < -0.3 is 10.2 Å². The number of benzene rings is 2. The Balaban J connectivity index is 1.41. The molecule has 0 aliphatic carbocycles. The van der Waals surface area contributed by atoms with Crippen molar-refractivity contribution in [2.24, 2.45) is 5.92 Å². The van der Waals surface area contributed by atoms with Gasteiger partial charge in [0.05, 0.1) is 10.6 Å². The highest BCUT2D eigenvalue weighted by Gasteiger charge is 2.34. The van der Waals surface area contributed by atoms with E-state index in [2.05, 4.69) is 10.3 Å². The van der Waals surface area contributed by atoms with Gasteiger partial charge in [-0.25, -0.2) is 13.8 Å². The molecule has 0 spiro atoms. The van der Waals surface area contributed by atoms with Crippen LogP contribution in [-0.2, 0) is 4.79 Å². The molecule has 128 valence electrons. The minimum absolute atomic E-state index is 0.146. The van der Waals surface area contributed by atoms with Crippen molar-refractivity contribution in [2.75, 3.05) is 23.3 Å². The normalized spacial score (nSPS) is 14.6. The number of nitrogens with one attached hydrogen (secondary N) is 1. The fraction of sp³-hybridized carbons (Fsp3) is 0.222. The first kappa shape index (κ1) is 16.0. The van der Waals surface area contributed by atoms with Gasteiger partial charge in [0.25, 0.3) is 0 Å². The van der Waals surface area contributed by atoms with Crippen LogP contribution in [0.15, 0.2) is 36.4 Å². The molecule has 1 aliphatic heterocycles. The van der Waals surface area contributed by atoms with E-state index >= 15 is 0 Å². The smallest absolute Gasteiger partial charge is 0.231 e. The van der Waals surface area contributed by atoms with Crippen LogP contribution in [-0.4, -0.2) is 24.0 Å². The average molecular weight is 359 g/mol. The van der Waals surface area contributed by atoms with Crippen LogP contribution in [0.1, 0.15) is 5.56 Å². The van der Waals surface area contributed by atoms with Crippen LogP contribution in [0, 0.1) is 24.5 Å². The first-order valence-corrected chi connectivity index (χ1v) is 8.70. The number of aromatic nitrogens is 1. The lowest BCUT2D eigenvalue weighted by Crippen LogP contribution is -2.52. The van der Waals surface area contributed by atoms with E-state index in [1.807, 2.05) is 11.0 Å². The van der Waals surface area contributed by atoms with Crippen LogP contribution < -0.4 is 10.2 Å². The molecule has 0 atom stereocenters. The van der Waals surface area contributed by atoms with E-state index in [9.17, 15) is 13.6 Å². The first-order valence-electron chi connectivity index (χ1n) is 7.88. The number of carbonyl (C=O) groups is 1. The zero-order chi connectivity index (χ0) is 17.6. The second-order valence-corrected chi connectivity index (χ2v) is 7.15. The fourth-order valence-corrected chi connectivity index (χ4v) is 3.75. The predicted molar refractivity (Wildman–Crippen MR) is 95.0 cm³/mol. The highest BCUT2D eigenvalue weighted by Crippen LogP contribution is 2.34. The standard InChI is InChI=1S/C18H15F2N3OS/c1-10-5-6-12(7-14(10)20)21-17(24)11-8-23(9-11)18-22-16-13(19)3-2-4-15(16)25-18/h2-7,11H,8-9H2,1H3,(H,21,24). The van der Waals surface area contributed by atoms with Crippen LogP contribution in [0.2, 0.25) is 0 Å². The Bertz CT molecular complexity index is 966. The Morgan fingerprint density at radius 1 is 1.24 bits per heavy atom. The van der Waals surface area contributed by atoms with E-state index < -0.39 is 0 Å². The molecule has 4 nitrogen and oxygen atoms in total. The third kappa shape index (κ3) is 2.95. The molecule has 4 rings (SSSR count). The van der Waals surface area contributed by atoms with Crippen LogP contribution in [0.3, 0.4) is 0 Å². The minimum Gasteiger partial charge on any atom is -0.346 e. The summed E-state index contributed by atoms with van der Waals surface area (Å²) >= 11 is 1.41. The molecule has 3 aromatic rings. The summed E-state index contributed by atoms with van der Waals surface area (Å²) in [4.78, 5) is 18.5. The monoisotopic (exact) mass is 359 g/mol. The predicted octanol–water partition coefficient (Wildman–Crippen LogP) is 3.96.